The second-order valence-corrected chi connectivity index (χ2v) is 3.56. The van der Waals surface area contributed by atoms with E-state index in [-0.39, 0.29) is 21.1 Å². The first-order chi connectivity index (χ1) is 7.36. The summed E-state index contributed by atoms with van der Waals surface area (Å²) in [6.07, 6.45) is 0. The van der Waals surface area contributed by atoms with Crippen LogP contribution < -0.4 is 5.73 Å². The number of nitrogens with zero attached hydrogens (tertiary/aromatic N) is 1. The Bertz CT molecular complexity index is 596. The third kappa shape index (κ3) is 1.59. The molecule has 0 atom stereocenters. The van der Waals surface area contributed by atoms with Crippen LogP contribution in [0.25, 0.3) is 21.8 Å². The molecule has 0 bridgehead atoms. The molecule has 0 saturated heterocycles. The molecule has 16 heavy (non-hydrogen) atoms. The number of rotatable bonds is 0. The molecular formula is C13H10N2Pt. The molecule has 0 saturated carbocycles. The van der Waals surface area contributed by atoms with E-state index < -0.39 is 0 Å². The summed E-state index contributed by atoms with van der Waals surface area (Å²) >= 11 is 0. The van der Waals surface area contributed by atoms with Crippen molar-refractivity contribution in [3.8, 4) is 0 Å². The fourth-order valence-electron chi connectivity index (χ4n) is 1.87. The Hall–Kier alpha value is -1.40. The zero-order chi connectivity index (χ0) is 10.3. The first kappa shape index (κ1) is 11.1. The van der Waals surface area contributed by atoms with E-state index in [0.717, 1.165) is 27.5 Å². The normalized spacial score (nSPS) is 10.2. The summed E-state index contributed by atoms with van der Waals surface area (Å²) in [5.41, 5.74) is 8.84. The molecule has 0 amide bonds. The zero-order valence-corrected chi connectivity index (χ0v) is 10.7. The summed E-state index contributed by atoms with van der Waals surface area (Å²) in [5, 5.41) is 2.05. The second kappa shape index (κ2) is 4.23. The topological polar surface area (TPSA) is 38.9 Å². The van der Waals surface area contributed by atoms with E-state index in [4.69, 9.17) is 5.73 Å². The average Bonchev–Trinajstić information content (AvgIpc) is 2.30. The summed E-state index contributed by atoms with van der Waals surface area (Å²) in [5.74, 6) is 0. The Morgan fingerprint density at radius 3 is 1.69 bits per heavy atom. The van der Waals surface area contributed by atoms with Gasteiger partial charge in [-0.3, -0.25) is 0 Å². The number of aromatic nitrogens is 1. The molecular weight excluding hydrogens is 379 g/mol. The van der Waals surface area contributed by atoms with Gasteiger partial charge in [-0.15, -0.1) is 0 Å². The Balaban J connectivity index is 0.000000963. The van der Waals surface area contributed by atoms with Crippen LogP contribution in [0.3, 0.4) is 0 Å². The number of nitrogens with two attached hydrogens (primary N) is 1. The summed E-state index contributed by atoms with van der Waals surface area (Å²) in [6, 6.07) is 15.9. The molecule has 0 aliphatic heterocycles. The molecule has 0 aliphatic carbocycles. The van der Waals surface area contributed by atoms with Crippen molar-refractivity contribution in [1.29, 1.82) is 0 Å². The third-order valence-corrected chi connectivity index (χ3v) is 2.63. The SMILES string of the molecule is Nc1c2ccccc2nc2ccccc12.[Pt]. The summed E-state index contributed by atoms with van der Waals surface area (Å²) in [7, 11) is 0. The van der Waals surface area contributed by atoms with E-state index in [1.807, 2.05) is 48.5 Å². The molecule has 0 aliphatic rings. The standard InChI is InChI=1S/C13H10N2.Pt/c14-13-9-5-1-3-7-11(9)15-12-8-4-2-6-10(12)13;/h1-8H,(H2,14,15);. The van der Waals surface area contributed by atoms with Gasteiger partial charge in [0.25, 0.3) is 0 Å². The van der Waals surface area contributed by atoms with Crippen molar-refractivity contribution in [3.05, 3.63) is 48.5 Å². The summed E-state index contributed by atoms with van der Waals surface area (Å²) in [6.45, 7) is 0. The molecule has 0 radical (unpaired) electrons. The van der Waals surface area contributed by atoms with Crippen molar-refractivity contribution in [2.24, 2.45) is 0 Å². The van der Waals surface area contributed by atoms with Crippen molar-refractivity contribution in [2.75, 3.05) is 5.73 Å². The fourth-order valence-corrected chi connectivity index (χ4v) is 1.87. The number of anilines is 1. The molecule has 2 aromatic carbocycles. The van der Waals surface area contributed by atoms with Crippen LogP contribution in [-0.2, 0) is 21.1 Å². The predicted octanol–water partition coefficient (Wildman–Crippen LogP) is 2.97. The zero-order valence-electron chi connectivity index (χ0n) is 8.46. The molecule has 2 N–H and O–H groups in total. The van der Waals surface area contributed by atoms with Gasteiger partial charge in [0.15, 0.2) is 0 Å². The van der Waals surface area contributed by atoms with Crippen LogP contribution in [0.4, 0.5) is 5.69 Å². The maximum atomic E-state index is 6.11. The minimum absolute atomic E-state index is 0. The van der Waals surface area contributed by atoms with Gasteiger partial charge in [0.1, 0.15) is 0 Å². The van der Waals surface area contributed by atoms with Crippen molar-refractivity contribution in [1.82, 2.24) is 4.98 Å². The minimum Gasteiger partial charge on any atom is -0.398 e. The molecule has 82 valence electrons. The van der Waals surface area contributed by atoms with Gasteiger partial charge < -0.3 is 5.73 Å². The molecule has 3 rings (SSSR count). The van der Waals surface area contributed by atoms with E-state index in [0.29, 0.717) is 0 Å². The van der Waals surface area contributed by atoms with E-state index in [2.05, 4.69) is 4.98 Å². The van der Waals surface area contributed by atoms with Crippen molar-refractivity contribution < 1.29 is 21.1 Å². The summed E-state index contributed by atoms with van der Waals surface area (Å²) < 4.78 is 0. The average molecular weight is 389 g/mol. The van der Waals surface area contributed by atoms with Crippen LogP contribution in [0.2, 0.25) is 0 Å². The van der Waals surface area contributed by atoms with E-state index >= 15 is 0 Å². The first-order valence-electron chi connectivity index (χ1n) is 4.89. The summed E-state index contributed by atoms with van der Waals surface area (Å²) in [4.78, 5) is 4.56. The Kier molecular flexibility index (Phi) is 2.93. The van der Waals surface area contributed by atoms with Gasteiger partial charge in [-0.05, 0) is 12.1 Å². The third-order valence-electron chi connectivity index (χ3n) is 2.63. The van der Waals surface area contributed by atoms with Gasteiger partial charge in [-0.25, -0.2) is 4.98 Å². The molecule has 0 unspecified atom stereocenters. The largest absolute Gasteiger partial charge is 0.398 e. The van der Waals surface area contributed by atoms with Gasteiger partial charge in [0.2, 0.25) is 0 Å². The molecule has 1 aromatic heterocycles. The van der Waals surface area contributed by atoms with Crippen LogP contribution in [0.5, 0.6) is 0 Å². The van der Waals surface area contributed by atoms with Gasteiger partial charge in [0, 0.05) is 31.8 Å². The number of nitrogen functional groups attached to an aromatic ring is 1. The monoisotopic (exact) mass is 389 g/mol. The molecule has 2 nitrogen and oxygen atoms in total. The Labute approximate surface area is 108 Å². The van der Waals surface area contributed by atoms with E-state index in [1.54, 1.807) is 0 Å². The number of pyridine rings is 1. The number of para-hydroxylation sites is 2. The second-order valence-electron chi connectivity index (χ2n) is 3.56. The fraction of sp³-hybridized carbons (Fsp3) is 0. The van der Waals surface area contributed by atoms with Gasteiger partial charge >= 0.3 is 0 Å². The number of fused-ring (bicyclic) bond motifs is 2. The van der Waals surface area contributed by atoms with Crippen LogP contribution in [0.1, 0.15) is 0 Å². The predicted molar refractivity (Wildman–Crippen MR) is 63.7 cm³/mol. The van der Waals surface area contributed by atoms with Crippen molar-refractivity contribution in [3.63, 3.8) is 0 Å². The Morgan fingerprint density at radius 1 is 0.750 bits per heavy atom. The minimum atomic E-state index is 0. The van der Waals surface area contributed by atoms with Crippen LogP contribution in [0.15, 0.2) is 48.5 Å². The van der Waals surface area contributed by atoms with Gasteiger partial charge in [-0.2, -0.15) is 0 Å². The molecule has 1 heterocycles. The van der Waals surface area contributed by atoms with Gasteiger partial charge in [0.05, 0.1) is 16.7 Å². The molecule has 3 aromatic rings. The molecule has 0 spiro atoms. The maximum Gasteiger partial charge on any atom is 0.0730 e. The van der Waals surface area contributed by atoms with Crippen LogP contribution in [-0.4, -0.2) is 4.98 Å². The Morgan fingerprint density at radius 2 is 1.19 bits per heavy atom. The molecule has 3 heteroatoms. The van der Waals surface area contributed by atoms with Gasteiger partial charge in [-0.1, -0.05) is 36.4 Å². The van der Waals surface area contributed by atoms with E-state index in [1.165, 1.54) is 0 Å². The maximum absolute atomic E-state index is 6.11. The van der Waals surface area contributed by atoms with Crippen LogP contribution >= 0.6 is 0 Å². The van der Waals surface area contributed by atoms with Crippen molar-refractivity contribution in [2.45, 2.75) is 0 Å². The van der Waals surface area contributed by atoms with Crippen LogP contribution in [0, 0.1) is 0 Å². The van der Waals surface area contributed by atoms with Crippen molar-refractivity contribution >= 4 is 27.5 Å². The number of hydrogen-bond acceptors (Lipinski definition) is 2. The van der Waals surface area contributed by atoms with E-state index in [9.17, 15) is 0 Å². The quantitative estimate of drug-likeness (QED) is 0.601. The first-order valence-corrected chi connectivity index (χ1v) is 4.89. The smallest absolute Gasteiger partial charge is 0.0730 e. The number of benzene rings is 2. The molecule has 0 fully saturated rings. The number of hydrogen-bond donors (Lipinski definition) is 1.